The summed E-state index contributed by atoms with van der Waals surface area (Å²) < 4.78 is 11.5. The number of carbonyl (C=O) groups excluding carboxylic acids is 1. The molecule has 0 aromatic heterocycles. The van der Waals surface area contributed by atoms with Crippen molar-refractivity contribution in [3.8, 4) is 5.75 Å². The Labute approximate surface area is 163 Å². The zero-order chi connectivity index (χ0) is 19.1. The standard InChI is InChI=1S/C22H34N2O3/c1-17-7-3-5-9-20(17)27-16-15-24-13-11-18(12-14-24)22(25)23-19-8-4-6-10-21(19)26-2/h4,6,8,10,17-18,20H,3,5,7,9,11-16H2,1-2H3,(H,23,25)/t17-,20+/m0/s1. The molecule has 2 atom stereocenters. The highest BCUT2D eigenvalue weighted by molar-refractivity contribution is 5.94. The first-order valence-corrected chi connectivity index (χ1v) is 10.4. The van der Waals surface area contributed by atoms with Crippen molar-refractivity contribution in [2.45, 2.75) is 51.6 Å². The first kappa shape index (κ1) is 20.2. The van der Waals surface area contributed by atoms with Gasteiger partial charge in [-0.15, -0.1) is 0 Å². The van der Waals surface area contributed by atoms with Crippen molar-refractivity contribution in [1.29, 1.82) is 0 Å². The summed E-state index contributed by atoms with van der Waals surface area (Å²) in [5, 5.41) is 3.03. The molecule has 0 radical (unpaired) electrons. The summed E-state index contributed by atoms with van der Waals surface area (Å²) in [6, 6.07) is 7.57. The maximum absolute atomic E-state index is 12.6. The number of para-hydroxylation sites is 2. The summed E-state index contributed by atoms with van der Waals surface area (Å²) in [7, 11) is 1.62. The van der Waals surface area contributed by atoms with Crippen molar-refractivity contribution in [3.63, 3.8) is 0 Å². The Bertz CT molecular complexity index is 599. The highest BCUT2D eigenvalue weighted by Crippen LogP contribution is 2.27. The molecule has 1 aliphatic carbocycles. The van der Waals surface area contributed by atoms with Crippen molar-refractivity contribution in [3.05, 3.63) is 24.3 Å². The maximum atomic E-state index is 12.6. The molecule has 1 saturated heterocycles. The molecular formula is C22H34N2O3. The number of likely N-dealkylation sites (tertiary alicyclic amines) is 1. The van der Waals surface area contributed by atoms with Gasteiger partial charge in [-0.1, -0.05) is 31.9 Å². The van der Waals surface area contributed by atoms with Gasteiger partial charge in [0.05, 0.1) is 25.5 Å². The van der Waals surface area contributed by atoms with Crippen LogP contribution in [0.2, 0.25) is 0 Å². The van der Waals surface area contributed by atoms with Gasteiger partial charge in [-0.3, -0.25) is 4.79 Å². The van der Waals surface area contributed by atoms with Gasteiger partial charge in [-0.05, 0) is 56.8 Å². The first-order valence-electron chi connectivity index (χ1n) is 10.4. The first-order chi connectivity index (χ1) is 13.2. The smallest absolute Gasteiger partial charge is 0.227 e. The average molecular weight is 375 g/mol. The molecule has 1 heterocycles. The highest BCUT2D eigenvalue weighted by Gasteiger charge is 2.26. The van der Waals surface area contributed by atoms with E-state index in [0.29, 0.717) is 17.8 Å². The van der Waals surface area contributed by atoms with E-state index in [1.165, 1.54) is 25.7 Å². The minimum Gasteiger partial charge on any atom is -0.495 e. The molecule has 1 saturated carbocycles. The van der Waals surface area contributed by atoms with E-state index in [4.69, 9.17) is 9.47 Å². The predicted molar refractivity (Wildman–Crippen MR) is 108 cm³/mol. The zero-order valence-electron chi connectivity index (χ0n) is 16.8. The Morgan fingerprint density at radius 3 is 2.63 bits per heavy atom. The van der Waals surface area contributed by atoms with E-state index < -0.39 is 0 Å². The number of carbonyl (C=O) groups is 1. The summed E-state index contributed by atoms with van der Waals surface area (Å²) in [6.07, 6.45) is 7.43. The molecule has 150 valence electrons. The monoisotopic (exact) mass is 374 g/mol. The van der Waals surface area contributed by atoms with E-state index in [1.807, 2.05) is 24.3 Å². The fourth-order valence-corrected chi connectivity index (χ4v) is 4.26. The van der Waals surface area contributed by atoms with Gasteiger partial charge in [0.25, 0.3) is 0 Å². The third-order valence-electron chi connectivity index (χ3n) is 6.10. The van der Waals surface area contributed by atoms with Crippen LogP contribution in [-0.4, -0.2) is 50.3 Å². The van der Waals surface area contributed by atoms with Crippen LogP contribution in [0.15, 0.2) is 24.3 Å². The van der Waals surface area contributed by atoms with Crippen LogP contribution in [0.25, 0.3) is 0 Å². The van der Waals surface area contributed by atoms with Crippen LogP contribution in [0.3, 0.4) is 0 Å². The molecule has 2 fully saturated rings. The van der Waals surface area contributed by atoms with Gasteiger partial charge in [-0.2, -0.15) is 0 Å². The van der Waals surface area contributed by atoms with Gasteiger partial charge in [0.2, 0.25) is 5.91 Å². The summed E-state index contributed by atoms with van der Waals surface area (Å²) in [4.78, 5) is 15.0. The number of benzene rings is 1. The predicted octanol–water partition coefficient (Wildman–Crippen LogP) is 3.94. The number of nitrogens with one attached hydrogen (secondary N) is 1. The van der Waals surface area contributed by atoms with E-state index in [0.717, 1.165) is 44.8 Å². The second-order valence-electron chi connectivity index (χ2n) is 7.98. The molecular weight excluding hydrogens is 340 g/mol. The average Bonchev–Trinajstić information content (AvgIpc) is 2.70. The lowest BCUT2D eigenvalue weighted by Gasteiger charge is -2.33. The molecule has 5 heteroatoms. The Hall–Kier alpha value is -1.59. The number of rotatable bonds is 7. The molecule has 2 aliphatic rings. The van der Waals surface area contributed by atoms with Gasteiger partial charge in [0, 0.05) is 12.5 Å². The van der Waals surface area contributed by atoms with Crippen molar-refractivity contribution < 1.29 is 14.3 Å². The summed E-state index contributed by atoms with van der Waals surface area (Å²) >= 11 is 0. The van der Waals surface area contributed by atoms with E-state index in [9.17, 15) is 4.79 Å². The van der Waals surface area contributed by atoms with Crippen molar-refractivity contribution >= 4 is 11.6 Å². The number of anilines is 1. The molecule has 0 unspecified atom stereocenters. The highest BCUT2D eigenvalue weighted by atomic mass is 16.5. The molecule has 5 nitrogen and oxygen atoms in total. The topological polar surface area (TPSA) is 50.8 Å². The SMILES string of the molecule is COc1ccccc1NC(=O)C1CCN(CCO[C@@H]2CCCC[C@@H]2C)CC1. The Morgan fingerprint density at radius 2 is 1.89 bits per heavy atom. The molecule has 3 rings (SSSR count). The molecule has 0 bridgehead atoms. The molecule has 1 aliphatic heterocycles. The quantitative estimate of drug-likeness (QED) is 0.785. The van der Waals surface area contributed by atoms with Crippen molar-refractivity contribution in [1.82, 2.24) is 4.90 Å². The minimum absolute atomic E-state index is 0.0745. The van der Waals surface area contributed by atoms with E-state index in [2.05, 4.69) is 17.1 Å². The molecule has 1 aromatic rings. The summed E-state index contributed by atoms with van der Waals surface area (Å²) in [5.41, 5.74) is 0.752. The summed E-state index contributed by atoms with van der Waals surface area (Å²) in [5.74, 6) is 1.58. The third-order valence-corrected chi connectivity index (χ3v) is 6.10. The van der Waals surface area contributed by atoms with Crippen LogP contribution in [0, 0.1) is 11.8 Å². The van der Waals surface area contributed by atoms with Gasteiger partial charge in [-0.25, -0.2) is 0 Å². The lowest BCUT2D eigenvalue weighted by atomic mass is 9.88. The fourth-order valence-electron chi connectivity index (χ4n) is 4.26. The lowest BCUT2D eigenvalue weighted by Crippen LogP contribution is -2.40. The number of nitrogens with zero attached hydrogens (tertiary/aromatic N) is 1. The number of piperidine rings is 1. The van der Waals surface area contributed by atoms with Gasteiger partial charge < -0.3 is 19.7 Å². The Morgan fingerprint density at radius 1 is 1.15 bits per heavy atom. The Balaban J connectivity index is 1.37. The lowest BCUT2D eigenvalue weighted by molar-refractivity contribution is -0.121. The van der Waals surface area contributed by atoms with Crippen LogP contribution in [0.5, 0.6) is 5.75 Å². The van der Waals surface area contributed by atoms with Gasteiger partial charge in [0.1, 0.15) is 5.75 Å². The fraction of sp³-hybridized carbons (Fsp3) is 0.682. The second-order valence-corrected chi connectivity index (χ2v) is 7.98. The molecule has 1 aromatic carbocycles. The van der Waals surface area contributed by atoms with E-state index in [-0.39, 0.29) is 11.8 Å². The molecule has 1 amide bonds. The van der Waals surface area contributed by atoms with Gasteiger partial charge >= 0.3 is 0 Å². The van der Waals surface area contributed by atoms with Crippen molar-refractivity contribution in [2.24, 2.45) is 11.8 Å². The number of hydrogen-bond acceptors (Lipinski definition) is 4. The van der Waals surface area contributed by atoms with Crippen LogP contribution in [0.4, 0.5) is 5.69 Å². The van der Waals surface area contributed by atoms with Crippen molar-refractivity contribution in [2.75, 3.05) is 38.7 Å². The maximum Gasteiger partial charge on any atom is 0.227 e. The minimum atomic E-state index is 0.0745. The zero-order valence-corrected chi connectivity index (χ0v) is 16.8. The molecule has 27 heavy (non-hydrogen) atoms. The largest absolute Gasteiger partial charge is 0.495 e. The van der Waals surface area contributed by atoms with E-state index >= 15 is 0 Å². The molecule has 0 spiro atoms. The third kappa shape index (κ3) is 5.69. The van der Waals surface area contributed by atoms with Crippen LogP contribution in [0.1, 0.15) is 45.4 Å². The van der Waals surface area contributed by atoms with Gasteiger partial charge in [0.15, 0.2) is 0 Å². The number of ether oxygens (including phenoxy) is 2. The van der Waals surface area contributed by atoms with Crippen LogP contribution < -0.4 is 10.1 Å². The van der Waals surface area contributed by atoms with Crippen LogP contribution >= 0.6 is 0 Å². The summed E-state index contributed by atoms with van der Waals surface area (Å²) in [6.45, 7) is 6.04. The second kappa shape index (κ2) is 10.1. The number of hydrogen-bond donors (Lipinski definition) is 1. The number of methoxy groups -OCH3 is 1. The van der Waals surface area contributed by atoms with E-state index in [1.54, 1.807) is 7.11 Å². The Kier molecular flexibility index (Phi) is 7.53. The normalized spacial score (nSPS) is 24.5. The van der Waals surface area contributed by atoms with Crippen LogP contribution in [-0.2, 0) is 9.53 Å². The number of amides is 1. The molecule has 1 N–H and O–H groups in total.